The molecule has 0 aliphatic rings. The highest BCUT2D eigenvalue weighted by Gasteiger charge is 2.18. The Morgan fingerprint density at radius 2 is 2.10 bits per heavy atom. The summed E-state index contributed by atoms with van der Waals surface area (Å²) in [7, 11) is 0. The maximum atomic E-state index is 12.3. The summed E-state index contributed by atoms with van der Waals surface area (Å²) >= 11 is 6.00. The van der Waals surface area contributed by atoms with Crippen molar-refractivity contribution in [1.29, 1.82) is 0 Å². The quantitative estimate of drug-likeness (QED) is 0.0919. The lowest BCUT2D eigenvalue weighted by atomic mass is 10.3. The molecule has 0 bridgehead atoms. The van der Waals surface area contributed by atoms with Crippen LogP contribution in [-0.2, 0) is 0 Å². The molecule has 8 N–H and O–H groups in total. The first-order valence-corrected chi connectivity index (χ1v) is 9.11. The zero-order valence-corrected chi connectivity index (χ0v) is 16.4. The van der Waals surface area contributed by atoms with Crippen LogP contribution >= 0.6 is 11.6 Å². The maximum Gasteiger partial charge on any atom is 0.323 e. The van der Waals surface area contributed by atoms with Crippen molar-refractivity contribution in [2.75, 3.05) is 18.5 Å². The normalized spacial score (nSPS) is 11.1. The zero-order chi connectivity index (χ0) is 21.2. The molecule has 0 atom stereocenters. The van der Waals surface area contributed by atoms with Gasteiger partial charge in [0.15, 0.2) is 0 Å². The predicted octanol–water partition coefficient (Wildman–Crippen LogP) is 2.09. The van der Waals surface area contributed by atoms with Crippen LogP contribution in [-0.4, -0.2) is 40.6 Å². The molecule has 0 aliphatic heterocycles. The number of amides is 2. The minimum atomic E-state index is -0.604. The molecule has 29 heavy (non-hydrogen) atoms. The van der Waals surface area contributed by atoms with Crippen molar-refractivity contribution in [1.82, 2.24) is 5.32 Å². The topological polar surface area (TPSA) is 136 Å². The van der Waals surface area contributed by atoms with Crippen LogP contribution in [0.1, 0.15) is 6.42 Å². The lowest BCUT2D eigenvalue weighted by molar-refractivity contribution is -0.830. The number of carbonyl (C=O) groups is 1. The molecule has 0 fully saturated rings. The third kappa shape index (κ3) is 6.77. The van der Waals surface area contributed by atoms with E-state index in [1.165, 1.54) is 6.21 Å². The number of urea groups is 1. The van der Waals surface area contributed by atoms with Crippen LogP contribution in [0.15, 0.2) is 54.7 Å². The Morgan fingerprint density at radius 3 is 2.83 bits per heavy atom. The summed E-state index contributed by atoms with van der Waals surface area (Å²) in [5.74, 6) is 0.448. The molecule has 2 rings (SSSR count). The summed E-state index contributed by atoms with van der Waals surface area (Å²) in [5.41, 5.74) is 7.50. The number of halogens is 1. The molecule has 0 aliphatic carbocycles. The molecular weight excluding hydrogens is 398 g/mol. The minimum Gasteiger partial charge on any atom is -0.491 e. The van der Waals surface area contributed by atoms with Crippen LogP contribution in [0.25, 0.3) is 0 Å². The summed E-state index contributed by atoms with van der Waals surface area (Å²) in [4.78, 5) is 12.3. The van der Waals surface area contributed by atoms with E-state index in [0.717, 1.165) is 10.2 Å². The van der Waals surface area contributed by atoms with Crippen molar-refractivity contribution in [3.8, 4) is 5.75 Å². The van der Waals surface area contributed by atoms with E-state index in [4.69, 9.17) is 22.1 Å². The number of nitrogens with one attached hydrogen (secondary N) is 2. The van der Waals surface area contributed by atoms with E-state index >= 15 is 0 Å². The van der Waals surface area contributed by atoms with E-state index in [9.17, 15) is 15.2 Å². The van der Waals surface area contributed by atoms with Gasteiger partial charge in [0.2, 0.25) is 11.9 Å². The standard InChI is InChI=1S/C19H22ClN5O4/c1-13(12-25(28)17-6-3-2-5-15(17)24-27)22-19(26)23-16-11-14(20)7-8-18(16)29-10-4-9-21/h2-3,5-8,11-12,24,27H,1,4,9-10,21H2,(H2-,22,23,26,28)/p+2/b25-12+. The minimum absolute atomic E-state index is 0.102. The first kappa shape index (κ1) is 22.2. The number of hydrogen-bond donors (Lipinski definition) is 6. The van der Waals surface area contributed by atoms with Crippen molar-refractivity contribution in [3.63, 3.8) is 0 Å². The fraction of sp³-hybridized carbons (Fsp3) is 0.158. The van der Waals surface area contributed by atoms with Crippen LogP contribution < -0.4 is 26.6 Å². The van der Waals surface area contributed by atoms with E-state index in [0.29, 0.717) is 47.4 Å². The van der Waals surface area contributed by atoms with Gasteiger partial charge in [0.05, 0.1) is 12.3 Å². The summed E-state index contributed by atoms with van der Waals surface area (Å²) in [6.45, 7) is 4.57. The maximum absolute atomic E-state index is 12.3. The fourth-order valence-electron chi connectivity index (χ4n) is 2.35. The Kier molecular flexibility index (Phi) is 8.44. The van der Waals surface area contributed by atoms with Gasteiger partial charge in [-0.1, -0.05) is 30.3 Å². The molecule has 9 nitrogen and oxygen atoms in total. The molecule has 0 spiro atoms. The third-order valence-corrected chi connectivity index (χ3v) is 3.91. The Labute approximate surface area is 173 Å². The van der Waals surface area contributed by atoms with Crippen molar-refractivity contribution >= 4 is 40.9 Å². The van der Waals surface area contributed by atoms with Crippen LogP contribution in [0.4, 0.5) is 21.9 Å². The van der Waals surface area contributed by atoms with E-state index in [1.54, 1.807) is 42.5 Å². The molecule has 0 aromatic heterocycles. The Hall–Kier alpha value is -3.11. The van der Waals surface area contributed by atoms with Crippen molar-refractivity contribution in [3.05, 3.63) is 59.8 Å². The Morgan fingerprint density at radius 1 is 1.34 bits per heavy atom. The van der Waals surface area contributed by atoms with Gasteiger partial charge in [-0.3, -0.25) is 5.21 Å². The number of anilines is 1. The Balaban J connectivity index is 2.05. The average Bonchev–Trinajstić information content (AvgIpc) is 2.69. The SMILES string of the molecule is C=C(/C=[N+](/O)c1ccccc1[NH2+]O)NC(=O)Nc1cc(Cl)ccc1OCCCN. The summed E-state index contributed by atoms with van der Waals surface area (Å²) < 4.78 is 6.34. The second-order valence-corrected chi connectivity index (χ2v) is 6.33. The largest absolute Gasteiger partial charge is 0.491 e. The van der Waals surface area contributed by atoms with Crippen LogP contribution in [0, 0.1) is 0 Å². The number of nitrogens with zero attached hydrogens (tertiary/aromatic N) is 1. The zero-order valence-electron chi connectivity index (χ0n) is 15.6. The predicted molar refractivity (Wildman–Crippen MR) is 109 cm³/mol. The molecule has 0 saturated heterocycles. The second-order valence-electron chi connectivity index (χ2n) is 5.90. The summed E-state index contributed by atoms with van der Waals surface area (Å²) in [6, 6.07) is 10.8. The van der Waals surface area contributed by atoms with E-state index in [1.807, 2.05) is 0 Å². The van der Waals surface area contributed by atoms with Crippen molar-refractivity contribution < 1.29 is 30.2 Å². The highest BCUT2D eigenvalue weighted by atomic mass is 35.5. The van der Waals surface area contributed by atoms with Crippen LogP contribution in [0.5, 0.6) is 5.75 Å². The van der Waals surface area contributed by atoms with Crippen molar-refractivity contribution in [2.45, 2.75) is 6.42 Å². The van der Waals surface area contributed by atoms with E-state index in [-0.39, 0.29) is 5.70 Å². The van der Waals surface area contributed by atoms with Gasteiger partial charge < -0.3 is 21.1 Å². The van der Waals surface area contributed by atoms with Gasteiger partial charge in [-0.2, -0.15) is 5.48 Å². The molecule has 2 aromatic rings. The van der Waals surface area contributed by atoms with Gasteiger partial charge >= 0.3 is 11.7 Å². The number of quaternary nitrogens is 1. The molecule has 10 heteroatoms. The van der Waals surface area contributed by atoms with Gasteiger partial charge in [-0.15, -0.1) is 0 Å². The molecule has 0 heterocycles. The number of hydrogen-bond acceptors (Lipinski definition) is 5. The van der Waals surface area contributed by atoms with Crippen molar-refractivity contribution in [2.24, 2.45) is 5.73 Å². The number of para-hydroxylation sites is 2. The molecule has 154 valence electrons. The lowest BCUT2D eigenvalue weighted by Crippen LogP contribution is -2.73. The fourth-order valence-corrected chi connectivity index (χ4v) is 2.52. The average molecular weight is 422 g/mol. The molecular formula is C19H24ClN5O4+2. The second kappa shape index (κ2) is 11.0. The molecule has 0 radical (unpaired) electrons. The number of rotatable bonds is 9. The lowest BCUT2D eigenvalue weighted by Gasteiger charge is -2.13. The van der Waals surface area contributed by atoms with Crippen LogP contribution in [0.3, 0.4) is 0 Å². The molecule has 0 saturated carbocycles. The first-order chi connectivity index (χ1) is 13.9. The monoisotopic (exact) mass is 421 g/mol. The molecule has 2 amide bonds. The number of nitrogens with two attached hydrogens (primary N) is 2. The number of carbonyl (C=O) groups excluding carboxylic acids is 1. The van der Waals surface area contributed by atoms with E-state index in [2.05, 4.69) is 17.2 Å². The summed E-state index contributed by atoms with van der Waals surface area (Å²) in [5, 5.41) is 24.9. The van der Waals surface area contributed by atoms with Gasteiger partial charge in [-0.25, -0.2) is 10.0 Å². The van der Waals surface area contributed by atoms with E-state index < -0.39 is 6.03 Å². The van der Waals surface area contributed by atoms with Gasteiger partial charge in [0.1, 0.15) is 11.4 Å². The molecule has 2 aromatic carbocycles. The number of allylic oxidation sites excluding steroid dienone is 1. The molecule has 0 unspecified atom stereocenters. The summed E-state index contributed by atoms with van der Waals surface area (Å²) in [6.07, 6.45) is 1.86. The smallest absolute Gasteiger partial charge is 0.323 e. The highest BCUT2D eigenvalue weighted by molar-refractivity contribution is 6.31. The number of benzene rings is 2. The van der Waals surface area contributed by atoms with Crippen LogP contribution in [0.2, 0.25) is 5.02 Å². The number of ether oxygens (including phenoxy) is 1. The van der Waals surface area contributed by atoms with Gasteiger partial charge in [0, 0.05) is 21.9 Å². The first-order valence-electron chi connectivity index (χ1n) is 8.73. The Bertz CT molecular complexity index is 904. The van der Waals surface area contributed by atoms with Gasteiger partial charge in [0.25, 0.3) is 0 Å². The highest BCUT2D eigenvalue weighted by Crippen LogP contribution is 2.28. The van der Waals surface area contributed by atoms with Gasteiger partial charge in [-0.05, 0) is 31.2 Å². The third-order valence-electron chi connectivity index (χ3n) is 3.67.